The molecule has 0 amide bonds. The third-order valence-corrected chi connectivity index (χ3v) is 4.52. The molecule has 0 atom stereocenters. The second-order valence-electron chi connectivity index (χ2n) is 7.60. The van der Waals surface area contributed by atoms with E-state index in [1.165, 1.54) is 11.1 Å². The Balaban J connectivity index is 1.97. The van der Waals surface area contributed by atoms with Gasteiger partial charge >= 0.3 is 5.97 Å². The maximum atomic E-state index is 11.0. The summed E-state index contributed by atoms with van der Waals surface area (Å²) in [6.07, 6.45) is 4.18. The lowest BCUT2D eigenvalue weighted by atomic mass is 9.82. The molecule has 3 rings (SSSR count). The molecule has 0 fully saturated rings. The molecule has 0 saturated carbocycles. The normalized spacial score (nSPS) is 11.9. The molecule has 0 aliphatic carbocycles. The second kappa shape index (κ2) is 7.23. The third-order valence-electron chi connectivity index (χ3n) is 4.52. The molecule has 0 aliphatic heterocycles. The van der Waals surface area contributed by atoms with Crippen LogP contribution in [0, 0.1) is 0 Å². The molecule has 0 saturated heterocycles. The number of carboxylic acids is 1. The van der Waals surface area contributed by atoms with Gasteiger partial charge in [-0.2, -0.15) is 5.10 Å². The number of aromatic amines is 1. The number of nitrogens with one attached hydrogen (secondary N) is 1. The first-order chi connectivity index (χ1) is 12.8. The Morgan fingerprint density at radius 3 is 2.30 bits per heavy atom. The van der Waals surface area contributed by atoms with Crippen molar-refractivity contribution in [3.63, 3.8) is 0 Å². The number of allylic oxidation sites excluding steroid dienone is 1. The van der Waals surface area contributed by atoms with Crippen molar-refractivity contribution in [2.45, 2.75) is 33.1 Å². The average molecular weight is 360 g/mol. The molecule has 2 N–H and O–H groups in total. The number of benzene rings is 2. The Labute approximate surface area is 159 Å². The fourth-order valence-electron chi connectivity index (χ4n) is 3.10. The predicted octanol–water partition coefficient (Wildman–Crippen LogP) is 5.77. The lowest BCUT2D eigenvalue weighted by Gasteiger charge is -2.22. The molecule has 2 aromatic carbocycles. The van der Waals surface area contributed by atoms with Crippen LogP contribution >= 0.6 is 0 Å². The van der Waals surface area contributed by atoms with E-state index in [0.29, 0.717) is 0 Å². The number of hydrogen-bond donors (Lipinski definition) is 2. The maximum Gasteiger partial charge on any atom is 0.335 e. The summed E-state index contributed by atoms with van der Waals surface area (Å²) >= 11 is 0. The number of aromatic carboxylic acids is 1. The number of H-pyrrole nitrogens is 1. The van der Waals surface area contributed by atoms with Crippen molar-refractivity contribution < 1.29 is 9.90 Å². The molecule has 0 bridgehead atoms. The summed E-state index contributed by atoms with van der Waals surface area (Å²) in [6, 6.07) is 15.2. The molecule has 1 aromatic heterocycles. The van der Waals surface area contributed by atoms with Crippen LogP contribution in [-0.4, -0.2) is 21.3 Å². The van der Waals surface area contributed by atoms with Crippen LogP contribution in [0.2, 0.25) is 0 Å². The molecule has 27 heavy (non-hydrogen) atoms. The van der Waals surface area contributed by atoms with E-state index in [2.05, 4.69) is 61.3 Å². The summed E-state index contributed by atoms with van der Waals surface area (Å²) in [6.45, 7) is 8.65. The van der Waals surface area contributed by atoms with Crippen molar-refractivity contribution in [2.75, 3.05) is 0 Å². The average Bonchev–Trinajstić information content (AvgIpc) is 3.11. The maximum absolute atomic E-state index is 11.0. The smallest absolute Gasteiger partial charge is 0.335 e. The minimum atomic E-state index is -0.928. The molecule has 1 heterocycles. The van der Waals surface area contributed by atoms with Crippen molar-refractivity contribution in [3.05, 3.63) is 71.3 Å². The minimum Gasteiger partial charge on any atom is -0.478 e. The quantitative estimate of drug-likeness (QED) is 0.620. The number of hydrogen-bond acceptors (Lipinski definition) is 2. The summed E-state index contributed by atoms with van der Waals surface area (Å²) in [5.74, 6) is -0.928. The highest BCUT2D eigenvalue weighted by molar-refractivity contribution is 5.88. The van der Waals surface area contributed by atoms with Crippen molar-refractivity contribution in [2.24, 2.45) is 0 Å². The van der Waals surface area contributed by atoms with Gasteiger partial charge in [0.15, 0.2) is 0 Å². The van der Waals surface area contributed by atoms with E-state index in [1.807, 2.05) is 13.0 Å². The zero-order valence-electron chi connectivity index (χ0n) is 16.1. The summed E-state index contributed by atoms with van der Waals surface area (Å²) < 4.78 is 0. The van der Waals surface area contributed by atoms with E-state index in [4.69, 9.17) is 5.11 Å². The van der Waals surface area contributed by atoms with Crippen LogP contribution in [-0.2, 0) is 5.41 Å². The van der Waals surface area contributed by atoms with E-state index in [-0.39, 0.29) is 11.0 Å². The molecule has 4 heteroatoms. The summed E-state index contributed by atoms with van der Waals surface area (Å²) in [7, 11) is 0. The molecule has 3 aromatic rings. The standard InChI is InChI=1S/C23H24N2O2/c1-5-6-15-7-12-18(13-19(15)23(2,3)4)21-14-20(24-25-21)16-8-10-17(11-9-16)22(26)27/h5-14H,1-4H3,(H,24,25)(H,26,27)/b6-5+. The van der Waals surface area contributed by atoms with Gasteiger partial charge in [0.25, 0.3) is 0 Å². The fourth-order valence-corrected chi connectivity index (χ4v) is 3.10. The second-order valence-corrected chi connectivity index (χ2v) is 7.60. The number of nitrogens with zero attached hydrogens (tertiary/aromatic N) is 1. The van der Waals surface area contributed by atoms with Gasteiger partial charge in [-0.25, -0.2) is 4.79 Å². The molecule has 138 valence electrons. The molecular formula is C23H24N2O2. The number of carbonyl (C=O) groups is 1. The van der Waals surface area contributed by atoms with Crippen LogP contribution in [0.1, 0.15) is 49.2 Å². The van der Waals surface area contributed by atoms with Crippen LogP contribution < -0.4 is 0 Å². The zero-order chi connectivity index (χ0) is 19.6. The van der Waals surface area contributed by atoms with E-state index < -0.39 is 5.97 Å². The minimum absolute atomic E-state index is 0.0245. The van der Waals surface area contributed by atoms with Gasteiger partial charge in [0.05, 0.1) is 17.0 Å². The zero-order valence-corrected chi connectivity index (χ0v) is 16.1. The van der Waals surface area contributed by atoms with Crippen molar-refractivity contribution in [1.29, 1.82) is 0 Å². The van der Waals surface area contributed by atoms with Gasteiger partial charge in [-0.3, -0.25) is 5.10 Å². The number of rotatable bonds is 4. The van der Waals surface area contributed by atoms with Crippen molar-refractivity contribution in [1.82, 2.24) is 10.2 Å². The molecular weight excluding hydrogens is 336 g/mol. The summed E-state index contributed by atoms with van der Waals surface area (Å²) in [5, 5.41) is 16.5. The van der Waals surface area contributed by atoms with Crippen LogP contribution in [0.15, 0.2) is 54.6 Å². The summed E-state index contributed by atoms with van der Waals surface area (Å²) in [4.78, 5) is 11.0. The van der Waals surface area contributed by atoms with Crippen molar-refractivity contribution >= 4 is 12.0 Å². The lowest BCUT2D eigenvalue weighted by Crippen LogP contribution is -2.13. The SMILES string of the molecule is C/C=C/c1ccc(-c2cc(-c3ccc(C(=O)O)cc3)[nH]n2)cc1C(C)(C)C. The monoisotopic (exact) mass is 360 g/mol. The molecule has 4 nitrogen and oxygen atoms in total. The van der Waals surface area contributed by atoms with Gasteiger partial charge in [0.2, 0.25) is 0 Å². The number of carboxylic acid groups (broad SMARTS) is 1. The van der Waals surface area contributed by atoms with Gasteiger partial charge in [-0.1, -0.05) is 57.2 Å². The number of aromatic nitrogens is 2. The van der Waals surface area contributed by atoms with E-state index >= 15 is 0 Å². The van der Waals surface area contributed by atoms with Gasteiger partial charge in [0.1, 0.15) is 0 Å². The van der Waals surface area contributed by atoms with Gasteiger partial charge in [-0.05, 0) is 53.3 Å². The third kappa shape index (κ3) is 4.00. The Morgan fingerprint density at radius 2 is 1.70 bits per heavy atom. The Morgan fingerprint density at radius 1 is 1.04 bits per heavy atom. The Bertz CT molecular complexity index is 990. The first-order valence-electron chi connectivity index (χ1n) is 8.96. The van der Waals surface area contributed by atoms with Crippen LogP contribution in [0.5, 0.6) is 0 Å². The Hall–Kier alpha value is -3.14. The highest BCUT2D eigenvalue weighted by atomic mass is 16.4. The van der Waals surface area contributed by atoms with Crippen LogP contribution in [0.4, 0.5) is 0 Å². The first kappa shape index (κ1) is 18.6. The molecule has 0 aliphatic rings. The Kier molecular flexibility index (Phi) is 5.00. The largest absolute Gasteiger partial charge is 0.478 e. The summed E-state index contributed by atoms with van der Waals surface area (Å²) in [5.41, 5.74) is 6.46. The molecule has 0 spiro atoms. The highest BCUT2D eigenvalue weighted by Crippen LogP contribution is 2.32. The van der Waals surface area contributed by atoms with Gasteiger partial charge < -0.3 is 5.11 Å². The first-order valence-corrected chi connectivity index (χ1v) is 8.96. The van der Waals surface area contributed by atoms with Crippen molar-refractivity contribution in [3.8, 4) is 22.5 Å². The van der Waals surface area contributed by atoms with Gasteiger partial charge in [0, 0.05) is 5.56 Å². The topological polar surface area (TPSA) is 66.0 Å². The van der Waals surface area contributed by atoms with E-state index in [1.54, 1.807) is 24.3 Å². The van der Waals surface area contributed by atoms with Gasteiger partial charge in [-0.15, -0.1) is 0 Å². The van der Waals surface area contributed by atoms with E-state index in [0.717, 1.165) is 22.5 Å². The van der Waals surface area contributed by atoms with Crippen LogP contribution in [0.25, 0.3) is 28.6 Å². The molecule has 0 unspecified atom stereocenters. The van der Waals surface area contributed by atoms with E-state index in [9.17, 15) is 4.79 Å². The predicted molar refractivity (Wildman–Crippen MR) is 110 cm³/mol. The van der Waals surface area contributed by atoms with Crippen LogP contribution in [0.3, 0.4) is 0 Å². The highest BCUT2D eigenvalue weighted by Gasteiger charge is 2.18. The lowest BCUT2D eigenvalue weighted by molar-refractivity contribution is 0.0697. The molecule has 0 radical (unpaired) electrons. The fraction of sp³-hybridized carbons (Fsp3) is 0.217.